The Kier molecular flexibility index (Phi) is 4.81. The summed E-state index contributed by atoms with van der Waals surface area (Å²) in [5.41, 5.74) is 2.35. The normalized spacial score (nSPS) is 15.9. The molecule has 7 heteroatoms. The number of nitro benzene ring substituents is 1. The highest BCUT2D eigenvalue weighted by Gasteiger charge is 2.24. The van der Waals surface area contributed by atoms with Gasteiger partial charge >= 0.3 is 0 Å². The average Bonchev–Trinajstić information content (AvgIpc) is 2.90. The molecule has 1 N–H and O–H groups in total. The number of hydrogen-bond donors (Lipinski definition) is 1. The van der Waals surface area contributed by atoms with Crippen LogP contribution in [0.4, 0.5) is 10.7 Å². The number of amides is 1. The van der Waals surface area contributed by atoms with Crippen molar-refractivity contribution in [2.75, 3.05) is 5.32 Å². The second kappa shape index (κ2) is 7.03. The van der Waals surface area contributed by atoms with Crippen LogP contribution in [0.2, 0.25) is 0 Å². The van der Waals surface area contributed by atoms with Gasteiger partial charge in [0.25, 0.3) is 5.69 Å². The number of non-ortho nitro benzene ring substituents is 1. The maximum atomic E-state index is 12.3. The van der Waals surface area contributed by atoms with Gasteiger partial charge in [-0.3, -0.25) is 14.9 Å². The first-order valence-electron chi connectivity index (χ1n) is 8.05. The Morgan fingerprint density at radius 1 is 1.44 bits per heavy atom. The third-order valence-corrected chi connectivity index (χ3v) is 5.56. The van der Waals surface area contributed by atoms with Crippen molar-refractivity contribution in [2.45, 2.75) is 32.6 Å². The lowest BCUT2D eigenvalue weighted by Gasteiger charge is -2.17. The molecule has 0 radical (unpaired) electrons. The highest BCUT2D eigenvalue weighted by atomic mass is 32.1. The second-order valence-corrected chi connectivity index (χ2v) is 7.42. The Hall–Kier alpha value is -2.72. The smallest absolute Gasteiger partial charge is 0.269 e. The Labute approximate surface area is 149 Å². The molecule has 0 saturated heterocycles. The van der Waals surface area contributed by atoms with Gasteiger partial charge in [0.1, 0.15) is 11.1 Å². The summed E-state index contributed by atoms with van der Waals surface area (Å²) in [5, 5.41) is 23.6. The van der Waals surface area contributed by atoms with Crippen LogP contribution in [0.1, 0.15) is 34.9 Å². The van der Waals surface area contributed by atoms with Gasteiger partial charge in [0, 0.05) is 17.0 Å². The molecule has 0 spiro atoms. The van der Waals surface area contributed by atoms with Gasteiger partial charge in [-0.15, -0.1) is 11.3 Å². The molecule has 1 atom stereocenters. The summed E-state index contributed by atoms with van der Waals surface area (Å²) < 4.78 is 0. The zero-order valence-electron chi connectivity index (χ0n) is 13.7. The fourth-order valence-corrected chi connectivity index (χ4v) is 4.43. The number of rotatable bonds is 4. The van der Waals surface area contributed by atoms with Crippen LogP contribution >= 0.6 is 11.3 Å². The fraction of sp³-hybridized carbons (Fsp3) is 0.333. The molecular weight excluding hydrogens is 338 g/mol. The number of nitrogens with zero attached hydrogens (tertiary/aromatic N) is 2. The number of thiophene rings is 1. The minimum atomic E-state index is -0.472. The summed E-state index contributed by atoms with van der Waals surface area (Å²) in [6.45, 7) is 2.20. The zero-order valence-corrected chi connectivity index (χ0v) is 14.6. The third-order valence-electron chi connectivity index (χ3n) is 4.39. The predicted molar refractivity (Wildman–Crippen MR) is 95.7 cm³/mol. The van der Waals surface area contributed by atoms with Gasteiger partial charge in [0.05, 0.1) is 16.9 Å². The van der Waals surface area contributed by atoms with Gasteiger partial charge < -0.3 is 5.32 Å². The summed E-state index contributed by atoms with van der Waals surface area (Å²) in [5.74, 6) is 0.373. The van der Waals surface area contributed by atoms with Gasteiger partial charge in [-0.05, 0) is 36.3 Å². The van der Waals surface area contributed by atoms with Crippen molar-refractivity contribution < 1.29 is 9.72 Å². The Morgan fingerprint density at radius 3 is 2.80 bits per heavy atom. The predicted octanol–water partition coefficient (Wildman–Crippen LogP) is 3.83. The van der Waals surface area contributed by atoms with E-state index in [1.54, 1.807) is 12.1 Å². The molecule has 0 unspecified atom stereocenters. The monoisotopic (exact) mass is 355 g/mol. The summed E-state index contributed by atoms with van der Waals surface area (Å²) in [7, 11) is 0. The summed E-state index contributed by atoms with van der Waals surface area (Å²) >= 11 is 1.49. The highest BCUT2D eigenvalue weighted by Crippen LogP contribution is 2.39. The number of carbonyl (C=O) groups is 1. The maximum Gasteiger partial charge on any atom is 0.269 e. The molecule has 1 amide bonds. The van der Waals surface area contributed by atoms with Gasteiger partial charge in [-0.2, -0.15) is 5.26 Å². The molecule has 128 valence electrons. The number of benzene rings is 1. The van der Waals surface area contributed by atoms with E-state index >= 15 is 0 Å². The van der Waals surface area contributed by atoms with Crippen molar-refractivity contribution in [3.63, 3.8) is 0 Å². The number of fused-ring (bicyclic) bond motifs is 1. The molecule has 1 aromatic carbocycles. The van der Waals surface area contributed by atoms with Crippen molar-refractivity contribution in [1.82, 2.24) is 0 Å². The minimum Gasteiger partial charge on any atom is -0.316 e. The van der Waals surface area contributed by atoms with E-state index < -0.39 is 4.92 Å². The van der Waals surface area contributed by atoms with Gasteiger partial charge in [0.15, 0.2) is 0 Å². The van der Waals surface area contributed by atoms with Crippen molar-refractivity contribution in [1.29, 1.82) is 5.26 Å². The standard InChI is InChI=1S/C18H17N3O3S/c1-11-2-7-14-15(10-19)18(25-16(14)8-11)20-17(22)9-12-3-5-13(6-4-12)21(23)24/h3-6,11H,2,7-9H2,1H3,(H,20,22)/t11-/m1/s1. The SMILES string of the molecule is C[C@@H]1CCc2c(sc(NC(=O)Cc3ccc([N+](=O)[O-])cc3)c2C#N)C1. The van der Waals surface area contributed by atoms with Crippen molar-refractivity contribution >= 4 is 27.9 Å². The number of nitrogens with one attached hydrogen (secondary N) is 1. The molecule has 1 aromatic heterocycles. The molecule has 0 saturated carbocycles. The molecule has 3 rings (SSSR count). The Bertz CT molecular complexity index is 865. The van der Waals surface area contributed by atoms with E-state index in [0.717, 1.165) is 24.8 Å². The van der Waals surface area contributed by atoms with Crippen LogP contribution in [-0.2, 0) is 24.1 Å². The molecule has 1 aliphatic rings. The third kappa shape index (κ3) is 3.69. The van der Waals surface area contributed by atoms with E-state index in [1.807, 2.05) is 0 Å². The van der Waals surface area contributed by atoms with Crippen molar-refractivity contribution in [2.24, 2.45) is 5.92 Å². The van der Waals surface area contributed by atoms with Crippen LogP contribution in [0.25, 0.3) is 0 Å². The lowest BCUT2D eigenvalue weighted by molar-refractivity contribution is -0.384. The summed E-state index contributed by atoms with van der Waals surface area (Å²) in [6.07, 6.45) is 3.01. The first kappa shape index (κ1) is 17.1. The first-order chi connectivity index (χ1) is 12.0. The van der Waals surface area contributed by atoms with Crippen molar-refractivity contribution in [3.05, 3.63) is 55.9 Å². The van der Waals surface area contributed by atoms with E-state index in [2.05, 4.69) is 18.3 Å². The quantitative estimate of drug-likeness (QED) is 0.666. The van der Waals surface area contributed by atoms with E-state index in [9.17, 15) is 20.2 Å². The number of hydrogen-bond acceptors (Lipinski definition) is 5. The molecule has 1 aliphatic carbocycles. The average molecular weight is 355 g/mol. The number of anilines is 1. The number of nitriles is 1. The topological polar surface area (TPSA) is 96.0 Å². The van der Waals surface area contributed by atoms with E-state index in [-0.39, 0.29) is 18.0 Å². The molecular formula is C18H17N3O3S. The minimum absolute atomic E-state index is 0.00373. The lowest BCUT2D eigenvalue weighted by Crippen LogP contribution is -2.14. The van der Waals surface area contributed by atoms with E-state index in [0.29, 0.717) is 22.0 Å². The van der Waals surface area contributed by atoms with Crippen LogP contribution in [0.3, 0.4) is 0 Å². The number of carbonyl (C=O) groups excluding carboxylic acids is 1. The van der Waals surface area contributed by atoms with Crippen molar-refractivity contribution in [3.8, 4) is 6.07 Å². The van der Waals surface area contributed by atoms with E-state index in [4.69, 9.17) is 0 Å². The molecule has 0 bridgehead atoms. The maximum absolute atomic E-state index is 12.3. The Morgan fingerprint density at radius 2 is 2.16 bits per heavy atom. The largest absolute Gasteiger partial charge is 0.316 e. The lowest BCUT2D eigenvalue weighted by atomic mass is 9.88. The second-order valence-electron chi connectivity index (χ2n) is 6.32. The fourth-order valence-electron chi connectivity index (χ4n) is 3.05. The van der Waals surface area contributed by atoms with Crippen LogP contribution in [-0.4, -0.2) is 10.8 Å². The molecule has 1 heterocycles. The molecule has 2 aromatic rings. The highest BCUT2D eigenvalue weighted by molar-refractivity contribution is 7.16. The molecule has 0 fully saturated rings. The van der Waals surface area contributed by atoms with Crippen LogP contribution < -0.4 is 5.32 Å². The Balaban J connectivity index is 1.73. The van der Waals surface area contributed by atoms with Crippen LogP contribution in [0.15, 0.2) is 24.3 Å². The van der Waals surface area contributed by atoms with E-state index in [1.165, 1.54) is 28.3 Å². The van der Waals surface area contributed by atoms with Gasteiger partial charge in [-0.25, -0.2) is 0 Å². The molecule has 0 aliphatic heterocycles. The molecule has 6 nitrogen and oxygen atoms in total. The summed E-state index contributed by atoms with van der Waals surface area (Å²) in [6, 6.07) is 8.14. The first-order valence-corrected chi connectivity index (χ1v) is 8.87. The van der Waals surface area contributed by atoms with Crippen LogP contribution in [0.5, 0.6) is 0 Å². The number of nitro groups is 1. The van der Waals surface area contributed by atoms with Gasteiger partial charge in [-0.1, -0.05) is 19.1 Å². The zero-order chi connectivity index (χ0) is 18.0. The van der Waals surface area contributed by atoms with Crippen LogP contribution in [0, 0.1) is 27.4 Å². The van der Waals surface area contributed by atoms with Gasteiger partial charge in [0.2, 0.25) is 5.91 Å². The summed E-state index contributed by atoms with van der Waals surface area (Å²) in [4.78, 5) is 23.7. The molecule has 25 heavy (non-hydrogen) atoms.